The van der Waals surface area contributed by atoms with Gasteiger partial charge in [-0.25, -0.2) is 13.6 Å². The van der Waals surface area contributed by atoms with E-state index in [9.17, 15) is 8.42 Å². The molecule has 4 heteroatoms. The highest BCUT2D eigenvalue weighted by Gasteiger charge is 2.07. The van der Waals surface area contributed by atoms with Crippen molar-refractivity contribution in [3.8, 4) is 0 Å². The van der Waals surface area contributed by atoms with Gasteiger partial charge in [0.15, 0.2) is 0 Å². The topological polar surface area (TPSA) is 60.2 Å². The molecular weight excluding hydrogens is 234 g/mol. The van der Waals surface area contributed by atoms with E-state index in [1.54, 1.807) is 12.1 Å². The molecule has 1 aromatic rings. The lowest BCUT2D eigenvalue weighted by Crippen LogP contribution is -2.11. The zero-order valence-electron chi connectivity index (χ0n) is 10.5. The molecule has 1 unspecified atom stereocenters. The Morgan fingerprint density at radius 1 is 1.18 bits per heavy atom. The van der Waals surface area contributed by atoms with E-state index >= 15 is 0 Å². The lowest BCUT2D eigenvalue weighted by atomic mass is 9.97. The Morgan fingerprint density at radius 3 is 2.24 bits per heavy atom. The van der Waals surface area contributed by atoms with Crippen LogP contribution in [0.1, 0.15) is 38.7 Å². The second-order valence-electron chi connectivity index (χ2n) is 4.62. The van der Waals surface area contributed by atoms with Gasteiger partial charge in [-0.2, -0.15) is 0 Å². The van der Waals surface area contributed by atoms with Crippen molar-refractivity contribution in [3.05, 3.63) is 29.8 Å². The zero-order chi connectivity index (χ0) is 12.9. The van der Waals surface area contributed by atoms with E-state index in [-0.39, 0.29) is 4.90 Å². The highest BCUT2D eigenvalue weighted by Crippen LogP contribution is 2.15. The molecule has 0 saturated heterocycles. The molecule has 0 aromatic heterocycles. The van der Waals surface area contributed by atoms with E-state index in [1.165, 1.54) is 18.4 Å². The fourth-order valence-electron chi connectivity index (χ4n) is 1.90. The Balaban J connectivity index is 2.57. The van der Waals surface area contributed by atoms with Crippen LogP contribution in [0.5, 0.6) is 0 Å². The monoisotopic (exact) mass is 255 g/mol. The molecule has 0 bridgehead atoms. The molecule has 1 aromatic carbocycles. The summed E-state index contributed by atoms with van der Waals surface area (Å²) in [6.07, 6.45) is 4.59. The quantitative estimate of drug-likeness (QED) is 0.849. The fourth-order valence-corrected chi connectivity index (χ4v) is 2.41. The fraction of sp³-hybridized carbons (Fsp3) is 0.538. The number of rotatable bonds is 6. The Bertz CT molecular complexity index is 437. The maximum absolute atomic E-state index is 11.1. The third-order valence-electron chi connectivity index (χ3n) is 2.96. The third kappa shape index (κ3) is 4.88. The molecule has 0 heterocycles. The maximum atomic E-state index is 11.1. The molecule has 0 aliphatic rings. The van der Waals surface area contributed by atoms with Gasteiger partial charge in [0.1, 0.15) is 0 Å². The number of hydrogen-bond donors (Lipinski definition) is 1. The van der Waals surface area contributed by atoms with Gasteiger partial charge in [-0.3, -0.25) is 0 Å². The smallest absolute Gasteiger partial charge is 0.225 e. The summed E-state index contributed by atoms with van der Waals surface area (Å²) < 4.78 is 22.1. The summed E-state index contributed by atoms with van der Waals surface area (Å²) in [6.45, 7) is 4.44. The van der Waals surface area contributed by atoms with Gasteiger partial charge in [0, 0.05) is 0 Å². The molecule has 0 fully saturated rings. The Hall–Kier alpha value is -0.870. The van der Waals surface area contributed by atoms with Gasteiger partial charge >= 0.3 is 0 Å². The summed E-state index contributed by atoms with van der Waals surface area (Å²) in [5.74, 6) is 0.720. The van der Waals surface area contributed by atoms with Crippen LogP contribution in [0.3, 0.4) is 0 Å². The molecule has 17 heavy (non-hydrogen) atoms. The molecule has 2 N–H and O–H groups in total. The minimum Gasteiger partial charge on any atom is -0.225 e. The van der Waals surface area contributed by atoms with E-state index in [2.05, 4.69) is 13.8 Å². The van der Waals surface area contributed by atoms with E-state index in [1.807, 2.05) is 12.1 Å². The van der Waals surface area contributed by atoms with Crippen molar-refractivity contribution in [2.45, 2.75) is 44.4 Å². The maximum Gasteiger partial charge on any atom is 0.238 e. The second kappa shape index (κ2) is 6.17. The van der Waals surface area contributed by atoms with Gasteiger partial charge in [0.05, 0.1) is 4.90 Å². The summed E-state index contributed by atoms with van der Waals surface area (Å²) >= 11 is 0. The number of benzene rings is 1. The van der Waals surface area contributed by atoms with Crippen molar-refractivity contribution < 1.29 is 8.42 Å². The molecule has 0 radical (unpaired) electrons. The Morgan fingerprint density at radius 2 is 1.76 bits per heavy atom. The lowest BCUT2D eigenvalue weighted by molar-refractivity contribution is 0.486. The van der Waals surface area contributed by atoms with Gasteiger partial charge in [-0.1, -0.05) is 38.8 Å². The minimum absolute atomic E-state index is 0.183. The largest absolute Gasteiger partial charge is 0.238 e. The first-order valence-corrected chi connectivity index (χ1v) is 7.60. The first-order chi connectivity index (χ1) is 7.93. The van der Waals surface area contributed by atoms with Crippen molar-refractivity contribution >= 4 is 10.0 Å². The number of nitrogens with two attached hydrogens (primary N) is 1. The average molecular weight is 255 g/mol. The Kier molecular flexibility index (Phi) is 5.15. The van der Waals surface area contributed by atoms with Crippen LogP contribution in [-0.2, 0) is 16.4 Å². The number of primary sulfonamides is 1. The number of hydrogen-bond acceptors (Lipinski definition) is 2. The van der Waals surface area contributed by atoms with Crippen LogP contribution in [0.15, 0.2) is 29.2 Å². The second-order valence-corrected chi connectivity index (χ2v) is 6.18. The van der Waals surface area contributed by atoms with Crippen molar-refractivity contribution in [2.75, 3.05) is 0 Å². The summed E-state index contributed by atoms with van der Waals surface area (Å²) in [7, 11) is -3.56. The number of aryl methyl sites for hydroxylation is 1. The molecule has 96 valence electrons. The zero-order valence-corrected chi connectivity index (χ0v) is 11.3. The van der Waals surface area contributed by atoms with E-state index in [0.717, 1.165) is 18.8 Å². The summed E-state index contributed by atoms with van der Waals surface area (Å²) in [5, 5.41) is 5.04. The molecule has 0 aliphatic heterocycles. The van der Waals surface area contributed by atoms with Crippen LogP contribution in [0.25, 0.3) is 0 Å². The highest BCUT2D eigenvalue weighted by molar-refractivity contribution is 7.89. The van der Waals surface area contributed by atoms with Crippen molar-refractivity contribution in [2.24, 2.45) is 11.1 Å². The standard InChI is InChI=1S/C13H21NO2S/c1-3-4-11(2)5-6-12-7-9-13(10-8-12)17(14,15)16/h7-11H,3-6H2,1-2H3,(H2,14,15,16). The van der Waals surface area contributed by atoms with Crippen LogP contribution in [-0.4, -0.2) is 8.42 Å². The third-order valence-corrected chi connectivity index (χ3v) is 3.89. The van der Waals surface area contributed by atoms with Gasteiger partial charge in [-0.15, -0.1) is 0 Å². The van der Waals surface area contributed by atoms with Gasteiger partial charge in [0.2, 0.25) is 10.0 Å². The minimum atomic E-state index is -3.56. The Labute approximate surface area is 104 Å². The molecule has 0 spiro atoms. The van der Waals surface area contributed by atoms with Crippen LogP contribution in [0, 0.1) is 5.92 Å². The molecule has 1 rings (SSSR count). The van der Waals surface area contributed by atoms with E-state index in [0.29, 0.717) is 0 Å². The van der Waals surface area contributed by atoms with Crippen LogP contribution >= 0.6 is 0 Å². The SMILES string of the molecule is CCCC(C)CCc1ccc(S(N)(=O)=O)cc1. The van der Waals surface area contributed by atoms with Crippen molar-refractivity contribution in [1.29, 1.82) is 0 Å². The molecule has 0 aliphatic carbocycles. The van der Waals surface area contributed by atoms with E-state index < -0.39 is 10.0 Å². The van der Waals surface area contributed by atoms with Gasteiger partial charge in [0.25, 0.3) is 0 Å². The predicted molar refractivity (Wildman–Crippen MR) is 70.2 cm³/mol. The lowest BCUT2D eigenvalue weighted by Gasteiger charge is -2.09. The molecule has 1 atom stereocenters. The first-order valence-electron chi connectivity index (χ1n) is 6.05. The van der Waals surface area contributed by atoms with Crippen LogP contribution in [0.4, 0.5) is 0 Å². The normalized spacial score (nSPS) is 13.6. The molecule has 0 saturated carbocycles. The number of sulfonamides is 1. The highest BCUT2D eigenvalue weighted by atomic mass is 32.2. The van der Waals surface area contributed by atoms with Crippen molar-refractivity contribution in [1.82, 2.24) is 0 Å². The molecular formula is C13H21NO2S. The summed E-state index contributed by atoms with van der Waals surface area (Å²) in [5.41, 5.74) is 1.17. The van der Waals surface area contributed by atoms with Crippen molar-refractivity contribution in [3.63, 3.8) is 0 Å². The molecule has 0 amide bonds. The first kappa shape index (κ1) is 14.2. The summed E-state index contributed by atoms with van der Waals surface area (Å²) in [6, 6.07) is 6.85. The average Bonchev–Trinajstić information content (AvgIpc) is 2.26. The van der Waals surface area contributed by atoms with Crippen LogP contribution in [0.2, 0.25) is 0 Å². The molecule has 3 nitrogen and oxygen atoms in total. The van der Waals surface area contributed by atoms with E-state index in [4.69, 9.17) is 5.14 Å². The van der Waals surface area contributed by atoms with Gasteiger partial charge < -0.3 is 0 Å². The summed E-state index contributed by atoms with van der Waals surface area (Å²) in [4.78, 5) is 0.183. The predicted octanol–water partition coefficient (Wildman–Crippen LogP) is 2.70. The van der Waals surface area contributed by atoms with Crippen LogP contribution < -0.4 is 5.14 Å². The van der Waals surface area contributed by atoms with Gasteiger partial charge in [-0.05, 0) is 36.5 Å².